The number of allylic oxidation sites excluding steroid dienone is 4. The van der Waals surface area contributed by atoms with Gasteiger partial charge in [-0.05, 0) is 32.4 Å². The summed E-state index contributed by atoms with van der Waals surface area (Å²) in [7, 11) is 1.99. The van der Waals surface area contributed by atoms with Gasteiger partial charge in [-0.15, -0.1) is 0 Å². The van der Waals surface area contributed by atoms with Crippen LogP contribution in [0.5, 0.6) is 0 Å². The lowest BCUT2D eigenvalue weighted by molar-refractivity contribution is 0.610. The Morgan fingerprint density at radius 2 is 2.23 bits per heavy atom. The fourth-order valence-corrected chi connectivity index (χ4v) is 1.07. The summed E-state index contributed by atoms with van der Waals surface area (Å²) < 4.78 is 0. The van der Waals surface area contributed by atoms with Crippen molar-refractivity contribution in [3.8, 4) is 0 Å². The predicted molar refractivity (Wildman–Crippen MR) is 60.8 cm³/mol. The molecule has 0 aromatic heterocycles. The smallest absolute Gasteiger partial charge is 0.00761 e. The molecule has 0 heterocycles. The quantitative estimate of drug-likeness (QED) is 0.618. The van der Waals surface area contributed by atoms with Crippen molar-refractivity contribution < 1.29 is 0 Å². The first kappa shape index (κ1) is 12.2. The van der Waals surface area contributed by atoms with E-state index >= 15 is 0 Å². The minimum absolute atomic E-state index is 0.521. The van der Waals surface area contributed by atoms with Crippen LogP contribution in [0.2, 0.25) is 0 Å². The SMILES string of the molecule is C=C/C=C(\C=C/CC)C[C@@H](C)NC. The highest BCUT2D eigenvalue weighted by Gasteiger charge is 1.99. The first-order chi connectivity index (χ1) is 6.24. The van der Waals surface area contributed by atoms with Gasteiger partial charge in [0.2, 0.25) is 0 Å². The van der Waals surface area contributed by atoms with Crippen molar-refractivity contribution in [3.05, 3.63) is 36.5 Å². The average Bonchev–Trinajstić information content (AvgIpc) is 2.14. The molecule has 0 unspecified atom stereocenters. The molecule has 74 valence electrons. The molecule has 0 aromatic carbocycles. The molecular formula is C12H21N. The molecule has 0 aliphatic heterocycles. The molecule has 0 aliphatic carbocycles. The number of rotatable bonds is 6. The van der Waals surface area contributed by atoms with Crippen molar-refractivity contribution in [1.82, 2.24) is 5.32 Å². The first-order valence-electron chi connectivity index (χ1n) is 4.90. The summed E-state index contributed by atoms with van der Waals surface area (Å²) >= 11 is 0. The van der Waals surface area contributed by atoms with Gasteiger partial charge >= 0.3 is 0 Å². The predicted octanol–water partition coefficient (Wildman–Crippen LogP) is 3.06. The molecule has 1 nitrogen and oxygen atoms in total. The van der Waals surface area contributed by atoms with E-state index in [0.717, 1.165) is 12.8 Å². The van der Waals surface area contributed by atoms with Gasteiger partial charge in [-0.3, -0.25) is 0 Å². The van der Waals surface area contributed by atoms with Gasteiger partial charge in [-0.2, -0.15) is 0 Å². The van der Waals surface area contributed by atoms with Crippen LogP contribution in [0.1, 0.15) is 26.7 Å². The summed E-state index contributed by atoms with van der Waals surface area (Å²) in [6.07, 6.45) is 10.4. The van der Waals surface area contributed by atoms with E-state index in [1.165, 1.54) is 5.57 Å². The summed E-state index contributed by atoms with van der Waals surface area (Å²) in [5, 5.41) is 3.22. The monoisotopic (exact) mass is 179 g/mol. The van der Waals surface area contributed by atoms with E-state index in [0.29, 0.717) is 6.04 Å². The maximum Gasteiger partial charge on any atom is 0.00761 e. The molecule has 1 heteroatoms. The van der Waals surface area contributed by atoms with Crippen LogP contribution in [0.15, 0.2) is 36.5 Å². The molecule has 1 atom stereocenters. The standard InChI is InChI=1S/C12H21N/c1-5-7-9-12(8-6-2)10-11(3)13-4/h6-9,11,13H,2,5,10H2,1,3-4H3/b9-7-,12-8+/t11-/m1/s1. The minimum Gasteiger partial charge on any atom is -0.317 e. The van der Waals surface area contributed by atoms with Crippen molar-refractivity contribution in [2.45, 2.75) is 32.7 Å². The Bertz CT molecular complexity index is 189. The Morgan fingerprint density at radius 1 is 1.54 bits per heavy atom. The van der Waals surface area contributed by atoms with Crippen LogP contribution < -0.4 is 5.32 Å². The number of hydrogen-bond donors (Lipinski definition) is 1. The van der Waals surface area contributed by atoms with Crippen molar-refractivity contribution >= 4 is 0 Å². The Kier molecular flexibility index (Phi) is 7.32. The van der Waals surface area contributed by atoms with Crippen LogP contribution >= 0.6 is 0 Å². The van der Waals surface area contributed by atoms with Gasteiger partial charge in [0.1, 0.15) is 0 Å². The average molecular weight is 179 g/mol. The zero-order valence-electron chi connectivity index (χ0n) is 9.01. The maximum atomic E-state index is 3.71. The molecule has 0 fully saturated rings. The molecule has 0 saturated heterocycles. The lowest BCUT2D eigenvalue weighted by Crippen LogP contribution is -2.21. The summed E-state index contributed by atoms with van der Waals surface area (Å²) in [6.45, 7) is 8.03. The second-order valence-corrected chi connectivity index (χ2v) is 3.18. The zero-order valence-corrected chi connectivity index (χ0v) is 9.01. The van der Waals surface area contributed by atoms with Crippen LogP contribution in [-0.2, 0) is 0 Å². The highest BCUT2D eigenvalue weighted by Crippen LogP contribution is 2.07. The summed E-state index contributed by atoms with van der Waals surface area (Å²) in [5.74, 6) is 0. The van der Waals surface area contributed by atoms with Crippen LogP contribution in [0.25, 0.3) is 0 Å². The molecule has 0 bridgehead atoms. The zero-order chi connectivity index (χ0) is 10.1. The van der Waals surface area contributed by atoms with Gasteiger partial charge in [-0.25, -0.2) is 0 Å². The van der Waals surface area contributed by atoms with E-state index < -0.39 is 0 Å². The van der Waals surface area contributed by atoms with Crippen molar-refractivity contribution in [2.24, 2.45) is 0 Å². The van der Waals surface area contributed by atoms with E-state index in [1.807, 2.05) is 13.1 Å². The van der Waals surface area contributed by atoms with Gasteiger partial charge < -0.3 is 5.32 Å². The third kappa shape index (κ3) is 6.35. The van der Waals surface area contributed by atoms with Crippen LogP contribution in [0, 0.1) is 0 Å². The van der Waals surface area contributed by atoms with Crippen LogP contribution in [0.3, 0.4) is 0 Å². The van der Waals surface area contributed by atoms with Crippen molar-refractivity contribution in [1.29, 1.82) is 0 Å². The van der Waals surface area contributed by atoms with Gasteiger partial charge in [0.05, 0.1) is 0 Å². The van der Waals surface area contributed by atoms with Gasteiger partial charge in [0.25, 0.3) is 0 Å². The first-order valence-corrected chi connectivity index (χ1v) is 4.90. The third-order valence-electron chi connectivity index (χ3n) is 1.93. The number of nitrogens with one attached hydrogen (secondary N) is 1. The summed E-state index contributed by atoms with van der Waals surface area (Å²) in [4.78, 5) is 0. The van der Waals surface area contributed by atoms with E-state index in [2.05, 4.69) is 44.0 Å². The molecular weight excluding hydrogens is 158 g/mol. The molecule has 0 rings (SSSR count). The minimum atomic E-state index is 0.521. The van der Waals surface area contributed by atoms with Crippen LogP contribution in [-0.4, -0.2) is 13.1 Å². The lowest BCUT2D eigenvalue weighted by atomic mass is 10.1. The van der Waals surface area contributed by atoms with E-state index in [9.17, 15) is 0 Å². The lowest BCUT2D eigenvalue weighted by Gasteiger charge is -2.10. The molecule has 0 saturated carbocycles. The van der Waals surface area contributed by atoms with Gasteiger partial charge in [0.15, 0.2) is 0 Å². The largest absolute Gasteiger partial charge is 0.317 e. The summed E-state index contributed by atoms with van der Waals surface area (Å²) in [6, 6.07) is 0.521. The highest BCUT2D eigenvalue weighted by atomic mass is 14.8. The molecule has 1 N–H and O–H groups in total. The van der Waals surface area contributed by atoms with Gasteiger partial charge in [0, 0.05) is 6.04 Å². The Balaban J connectivity index is 4.18. The molecule has 0 radical (unpaired) electrons. The normalized spacial score (nSPS) is 14.8. The van der Waals surface area contributed by atoms with Gasteiger partial charge in [-0.1, -0.05) is 37.8 Å². The second-order valence-electron chi connectivity index (χ2n) is 3.18. The third-order valence-corrected chi connectivity index (χ3v) is 1.93. The van der Waals surface area contributed by atoms with E-state index in [4.69, 9.17) is 0 Å². The molecule has 0 amide bonds. The summed E-state index contributed by atoms with van der Waals surface area (Å²) in [5.41, 5.74) is 1.33. The fourth-order valence-electron chi connectivity index (χ4n) is 1.07. The Morgan fingerprint density at radius 3 is 2.69 bits per heavy atom. The Hall–Kier alpha value is -0.820. The topological polar surface area (TPSA) is 12.0 Å². The van der Waals surface area contributed by atoms with Crippen molar-refractivity contribution in [3.63, 3.8) is 0 Å². The molecule has 0 aliphatic rings. The molecule has 0 spiro atoms. The fraction of sp³-hybridized carbons (Fsp3) is 0.500. The second kappa shape index (κ2) is 7.81. The number of hydrogen-bond acceptors (Lipinski definition) is 1. The van der Waals surface area contributed by atoms with E-state index in [-0.39, 0.29) is 0 Å². The van der Waals surface area contributed by atoms with Crippen LogP contribution in [0.4, 0.5) is 0 Å². The van der Waals surface area contributed by atoms with Crippen molar-refractivity contribution in [2.75, 3.05) is 7.05 Å². The highest BCUT2D eigenvalue weighted by molar-refractivity contribution is 5.23. The Labute approximate surface area is 82.2 Å². The molecule has 13 heavy (non-hydrogen) atoms. The maximum absolute atomic E-state index is 3.71. The van der Waals surface area contributed by atoms with E-state index in [1.54, 1.807) is 0 Å². The molecule has 0 aromatic rings.